The van der Waals surface area contributed by atoms with Crippen LogP contribution in [0.4, 0.5) is 13.2 Å². The molecule has 2 heterocycles. The van der Waals surface area contributed by atoms with Crippen molar-refractivity contribution in [3.8, 4) is 11.8 Å². The number of rotatable bonds is 5. The molecule has 1 fully saturated rings. The van der Waals surface area contributed by atoms with Gasteiger partial charge in [-0.3, -0.25) is 4.79 Å². The number of alkyl halides is 3. The predicted octanol–water partition coefficient (Wildman–Crippen LogP) is 4.13. The Morgan fingerprint density at radius 3 is 2.60 bits per heavy atom. The van der Waals surface area contributed by atoms with Crippen LogP contribution in [0.1, 0.15) is 15.9 Å². The smallest absolute Gasteiger partial charge is 0.406 e. The second kappa shape index (κ2) is 9.15. The van der Waals surface area contributed by atoms with E-state index in [1.54, 1.807) is 18.3 Å². The summed E-state index contributed by atoms with van der Waals surface area (Å²) in [5.74, 6) is -1.07. The normalized spacial score (nSPS) is 16.0. The van der Waals surface area contributed by atoms with Gasteiger partial charge in [-0.1, -0.05) is 17.7 Å². The molecule has 0 radical (unpaired) electrons. The zero-order valence-electron chi connectivity index (χ0n) is 15.4. The molecule has 0 saturated carbocycles. The van der Waals surface area contributed by atoms with Gasteiger partial charge in [0, 0.05) is 24.8 Å². The van der Waals surface area contributed by atoms with Crippen LogP contribution in [0.25, 0.3) is 0 Å². The van der Waals surface area contributed by atoms with Crippen LogP contribution >= 0.6 is 11.6 Å². The highest BCUT2D eigenvalue weighted by Gasteiger charge is 2.31. The van der Waals surface area contributed by atoms with Crippen molar-refractivity contribution in [1.82, 2.24) is 9.88 Å². The molecule has 10 heteroatoms. The molecule has 0 unspecified atom stereocenters. The second-order valence-electron chi connectivity index (χ2n) is 6.30. The molecule has 0 N–H and O–H groups in total. The molecule has 0 bridgehead atoms. The van der Waals surface area contributed by atoms with Crippen molar-refractivity contribution in [3.05, 3.63) is 70.1 Å². The number of carbonyl (C=O) groups is 1. The summed E-state index contributed by atoms with van der Waals surface area (Å²) in [6, 6.07) is 9.74. The molecule has 0 aliphatic carbocycles. The van der Waals surface area contributed by atoms with Gasteiger partial charge in [0.2, 0.25) is 5.78 Å². The van der Waals surface area contributed by atoms with Crippen LogP contribution in [0.2, 0.25) is 5.15 Å². The third-order valence-electron chi connectivity index (χ3n) is 4.27. The average molecular weight is 438 g/mol. The number of morpholine rings is 1. The van der Waals surface area contributed by atoms with E-state index in [2.05, 4.69) is 9.72 Å². The maximum atomic E-state index is 12.9. The average Bonchev–Trinajstić information content (AvgIpc) is 2.71. The monoisotopic (exact) mass is 437 g/mol. The van der Waals surface area contributed by atoms with E-state index >= 15 is 0 Å². The summed E-state index contributed by atoms with van der Waals surface area (Å²) in [4.78, 5) is 18.7. The van der Waals surface area contributed by atoms with E-state index in [1.807, 2.05) is 11.0 Å². The zero-order valence-corrected chi connectivity index (χ0v) is 16.2. The van der Waals surface area contributed by atoms with Crippen LogP contribution in [-0.4, -0.2) is 41.8 Å². The summed E-state index contributed by atoms with van der Waals surface area (Å²) in [7, 11) is 0. The number of ether oxygens (including phenoxy) is 2. The maximum absolute atomic E-state index is 12.9. The predicted molar refractivity (Wildman–Crippen MR) is 101 cm³/mol. The number of allylic oxidation sites excluding steroid dienone is 1. The van der Waals surface area contributed by atoms with Crippen LogP contribution in [0.5, 0.6) is 5.75 Å². The van der Waals surface area contributed by atoms with Crippen molar-refractivity contribution in [2.45, 2.75) is 12.9 Å². The van der Waals surface area contributed by atoms with Crippen molar-refractivity contribution < 1.29 is 27.4 Å². The summed E-state index contributed by atoms with van der Waals surface area (Å²) < 4.78 is 46.1. The Hall–Kier alpha value is -3.09. The topological polar surface area (TPSA) is 75.5 Å². The molecular weight excluding hydrogens is 423 g/mol. The molecule has 3 rings (SSSR count). The molecule has 0 atom stereocenters. The van der Waals surface area contributed by atoms with Gasteiger partial charge in [-0.15, -0.1) is 13.2 Å². The molecule has 1 aliphatic rings. The molecule has 1 aromatic carbocycles. The summed E-state index contributed by atoms with van der Waals surface area (Å²) in [6.07, 6.45) is -3.23. The summed E-state index contributed by atoms with van der Waals surface area (Å²) >= 11 is 5.80. The summed E-state index contributed by atoms with van der Waals surface area (Å²) in [5, 5.41) is 9.97. The molecule has 6 nitrogen and oxygen atoms in total. The van der Waals surface area contributed by atoms with Gasteiger partial charge < -0.3 is 14.4 Å². The highest BCUT2D eigenvalue weighted by molar-refractivity contribution is 6.29. The third kappa shape index (κ3) is 5.49. The van der Waals surface area contributed by atoms with E-state index in [4.69, 9.17) is 16.3 Å². The Kier molecular flexibility index (Phi) is 6.59. The number of hydrogen-bond donors (Lipinski definition) is 0. The number of ketones is 1. The van der Waals surface area contributed by atoms with Crippen LogP contribution < -0.4 is 4.74 Å². The van der Waals surface area contributed by atoms with E-state index in [0.29, 0.717) is 30.5 Å². The van der Waals surface area contributed by atoms with Gasteiger partial charge in [0.05, 0.1) is 18.9 Å². The Morgan fingerprint density at radius 1 is 1.27 bits per heavy atom. The lowest BCUT2D eigenvalue weighted by Gasteiger charge is -2.32. The van der Waals surface area contributed by atoms with Crippen molar-refractivity contribution in [1.29, 1.82) is 5.26 Å². The molecule has 30 heavy (non-hydrogen) atoms. The molecule has 1 aromatic heterocycles. The minimum Gasteiger partial charge on any atom is -0.406 e. The van der Waals surface area contributed by atoms with E-state index in [9.17, 15) is 23.2 Å². The highest BCUT2D eigenvalue weighted by atomic mass is 35.5. The van der Waals surface area contributed by atoms with E-state index in [1.165, 1.54) is 12.1 Å². The number of benzene rings is 1. The van der Waals surface area contributed by atoms with E-state index in [-0.39, 0.29) is 17.7 Å². The van der Waals surface area contributed by atoms with E-state index < -0.39 is 17.9 Å². The molecule has 1 saturated heterocycles. The number of nitriles is 1. The van der Waals surface area contributed by atoms with Crippen LogP contribution in [0, 0.1) is 11.3 Å². The lowest BCUT2D eigenvalue weighted by molar-refractivity contribution is -0.274. The number of carbonyl (C=O) groups excluding carboxylic acids is 1. The van der Waals surface area contributed by atoms with E-state index in [0.717, 1.165) is 17.7 Å². The third-order valence-corrected chi connectivity index (χ3v) is 4.49. The van der Waals surface area contributed by atoms with Crippen LogP contribution in [0.15, 0.2) is 53.9 Å². The SMILES string of the molecule is N#C/C(C(=O)c1ccc(OC(F)(F)F)cc1)=C1\COCCN1Cc1ccc(Cl)nc1. The summed E-state index contributed by atoms with van der Waals surface area (Å²) in [5.41, 5.74) is 1.16. The van der Waals surface area contributed by atoms with Crippen molar-refractivity contribution in [3.63, 3.8) is 0 Å². The number of halogens is 4. The van der Waals surface area contributed by atoms with Crippen molar-refractivity contribution in [2.24, 2.45) is 0 Å². The van der Waals surface area contributed by atoms with Gasteiger partial charge in [-0.2, -0.15) is 5.26 Å². The standard InChI is InChI=1S/C20H15ClF3N3O3/c21-18-6-1-13(10-26-18)11-27-7-8-29-12-17(27)16(9-25)19(28)14-2-4-15(5-3-14)30-20(22,23)24/h1-6,10H,7-8,11-12H2/b17-16-. The molecule has 0 spiro atoms. The lowest BCUT2D eigenvalue weighted by Crippen LogP contribution is -2.35. The van der Waals surface area contributed by atoms with Crippen LogP contribution in [0.3, 0.4) is 0 Å². The minimum atomic E-state index is -4.83. The number of nitrogens with zero attached hydrogens (tertiary/aromatic N) is 3. The lowest BCUT2D eigenvalue weighted by atomic mass is 10.0. The Labute approximate surface area is 175 Å². The zero-order chi connectivity index (χ0) is 21.7. The van der Waals surface area contributed by atoms with Gasteiger partial charge in [0.15, 0.2) is 0 Å². The van der Waals surface area contributed by atoms with Crippen molar-refractivity contribution in [2.75, 3.05) is 19.8 Å². The van der Waals surface area contributed by atoms with Gasteiger partial charge in [-0.05, 0) is 35.9 Å². The molecule has 156 valence electrons. The minimum absolute atomic E-state index is 0.0604. The summed E-state index contributed by atoms with van der Waals surface area (Å²) in [6.45, 7) is 1.32. The first-order chi connectivity index (χ1) is 14.3. The quantitative estimate of drug-likeness (QED) is 0.303. The fourth-order valence-electron chi connectivity index (χ4n) is 2.89. The first-order valence-electron chi connectivity index (χ1n) is 8.73. The van der Waals surface area contributed by atoms with Gasteiger partial charge in [0.1, 0.15) is 22.5 Å². The van der Waals surface area contributed by atoms with Gasteiger partial charge >= 0.3 is 6.36 Å². The number of hydrogen-bond acceptors (Lipinski definition) is 6. The van der Waals surface area contributed by atoms with Gasteiger partial charge in [-0.25, -0.2) is 4.98 Å². The largest absolute Gasteiger partial charge is 0.573 e. The Balaban J connectivity index is 1.85. The number of pyridine rings is 1. The number of aromatic nitrogens is 1. The van der Waals surface area contributed by atoms with Crippen molar-refractivity contribution >= 4 is 17.4 Å². The Bertz CT molecular complexity index is 984. The first kappa shape index (κ1) is 21.6. The fraction of sp³-hybridized carbons (Fsp3) is 0.250. The first-order valence-corrected chi connectivity index (χ1v) is 9.11. The number of Topliss-reactive ketones (excluding diaryl/α,β-unsaturated/α-hetero) is 1. The fourth-order valence-corrected chi connectivity index (χ4v) is 3.01. The molecule has 2 aromatic rings. The van der Waals surface area contributed by atoms with Crippen LogP contribution in [-0.2, 0) is 11.3 Å². The molecule has 0 amide bonds. The Morgan fingerprint density at radius 2 is 2.00 bits per heavy atom. The highest BCUT2D eigenvalue weighted by Crippen LogP contribution is 2.25. The molecular formula is C20H15ClF3N3O3. The second-order valence-corrected chi connectivity index (χ2v) is 6.69. The van der Waals surface area contributed by atoms with Gasteiger partial charge in [0.25, 0.3) is 0 Å². The maximum Gasteiger partial charge on any atom is 0.573 e. The molecule has 1 aliphatic heterocycles.